The zero-order valence-electron chi connectivity index (χ0n) is 8.55. The average Bonchev–Trinajstić information content (AvgIpc) is 2.15. The Hall–Kier alpha value is -0.880. The van der Waals surface area contributed by atoms with Crippen LogP contribution in [0.4, 0.5) is 0 Å². The maximum Gasteiger partial charge on any atom is 0.321 e. The van der Waals surface area contributed by atoms with Gasteiger partial charge in [-0.3, -0.25) is 4.79 Å². The molecule has 0 aliphatic carbocycles. The Kier molecular flexibility index (Phi) is 4.09. The fraction of sp³-hybridized carbons (Fsp3) is 0.300. The van der Waals surface area contributed by atoms with Gasteiger partial charge in [-0.1, -0.05) is 28.1 Å². The topological polar surface area (TPSA) is 71.4 Å². The van der Waals surface area contributed by atoms with Gasteiger partial charge in [0.1, 0.15) is 0 Å². The molecule has 6 heteroatoms. The van der Waals surface area contributed by atoms with Gasteiger partial charge in [-0.05, 0) is 24.6 Å². The van der Waals surface area contributed by atoms with Gasteiger partial charge in [-0.2, -0.15) is 0 Å². The van der Waals surface area contributed by atoms with Gasteiger partial charge < -0.3 is 5.11 Å². The van der Waals surface area contributed by atoms with Crippen LogP contribution in [0.2, 0.25) is 0 Å². The van der Waals surface area contributed by atoms with Crippen LogP contribution in [0.1, 0.15) is 12.5 Å². The first-order chi connectivity index (χ1) is 7.33. The molecule has 0 aliphatic heterocycles. The predicted molar refractivity (Wildman–Crippen MR) is 63.9 cm³/mol. The van der Waals surface area contributed by atoms with Gasteiger partial charge in [0.05, 0.1) is 5.75 Å². The van der Waals surface area contributed by atoms with Crippen LogP contribution in [-0.2, 0) is 20.4 Å². The molecule has 0 radical (unpaired) electrons. The maximum atomic E-state index is 11.7. The van der Waals surface area contributed by atoms with Crippen molar-refractivity contribution in [2.24, 2.45) is 0 Å². The standard InChI is InChI=1S/C10H11BrO4S/c1-7(10(12)13)16(14,15)6-8-3-2-4-9(11)5-8/h2-5,7H,6H2,1H3,(H,12,13). The first-order valence-electron chi connectivity index (χ1n) is 4.52. The number of benzene rings is 1. The second kappa shape index (κ2) is 4.97. The van der Waals surface area contributed by atoms with E-state index in [4.69, 9.17) is 5.11 Å². The van der Waals surface area contributed by atoms with Crippen LogP contribution in [0.15, 0.2) is 28.7 Å². The van der Waals surface area contributed by atoms with Gasteiger partial charge >= 0.3 is 5.97 Å². The summed E-state index contributed by atoms with van der Waals surface area (Å²) in [5.41, 5.74) is 0.572. The number of aliphatic carboxylic acids is 1. The monoisotopic (exact) mass is 306 g/mol. The lowest BCUT2D eigenvalue weighted by Gasteiger charge is -2.08. The van der Waals surface area contributed by atoms with E-state index in [0.29, 0.717) is 5.56 Å². The SMILES string of the molecule is CC(C(=O)O)S(=O)(=O)Cc1cccc(Br)c1. The van der Waals surface area contributed by atoms with Crippen molar-refractivity contribution < 1.29 is 18.3 Å². The fourth-order valence-corrected chi connectivity index (χ4v) is 2.79. The van der Waals surface area contributed by atoms with Crippen molar-refractivity contribution in [3.05, 3.63) is 34.3 Å². The van der Waals surface area contributed by atoms with Gasteiger partial charge in [0.25, 0.3) is 0 Å². The Bertz CT molecular complexity index is 495. The van der Waals surface area contributed by atoms with Crippen LogP contribution in [0, 0.1) is 0 Å². The van der Waals surface area contributed by atoms with E-state index in [0.717, 1.165) is 4.47 Å². The Morgan fingerprint density at radius 2 is 2.12 bits per heavy atom. The summed E-state index contributed by atoms with van der Waals surface area (Å²) in [6, 6.07) is 6.79. The molecule has 1 atom stereocenters. The summed E-state index contributed by atoms with van der Waals surface area (Å²) >= 11 is 3.22. The molecule has 0 spiro atoms. The highest BCUT2D eigenvalue weighted by Gasteiger charge is 2.27. The van der Waals surface area contributed by atoms with Crippen LogP contribution < -0.4 is 0 Å². The molecule has 88 valence electrons. The highest BCUT2D eigenvalue weighted by Crippen LogP contribution is 2.16. The second-order valence-electron chi connectivity index (χ2n) is 3.42. The summed E-state index contributed by atoms with van der Waals surface area (Å²) in [7, 11) is -3.65. The van der Waals surface area contributed by atoms with Crippen molar-refractivity contribution in [3.63, 3.8) is 0 Å². The Morgan fingerprint density at radius 3 is 2.62 bits per heavy atom. The summed E-state index contributed by atoms with van der Waals surface area (Å²) in [6.07, 6.45) is 0. The number of halogens is 1. The van der Waals surface area contributed by atoms with Crippen molar-refractivity contribution in [3.8, 4) is 0 Å². The largest absolute Gasteiger partial charge is 0.480 e. The van der Waals surface area contributed by atoms with Crippen molar-refractivity contribution in [2.75, 3.05) is 0 Å². The zero-order chi connectivity index (χ0) is 12.3. The minimum atomic E-state index is -3.65. The Morgan fingerprint density at radius 1 is 1.50 bits per heavy atom. The lowest BCUT2D eigenvalue weighted by Crippen LogP contribution is -2.28. The van der Waals surface area contributed by atoms with Crippen molar-refractivity contribution in [1.82, 2.24) is 0 Å². The van der Waals surface area contributed by atoms with Gasteiger partial charge in [0, 0.05) is 4.47 Å². The Balaban J connectivity index is 2.93. The van der Waals surface area contributed by atoms with E-state index in [9.17, 15) is 13.2 Å². The third kappa shape index (κ3) is 3.31. The molecule has 1 aromatic rings. The van der Waals surface area contributed by atoms with Crippen LogP contribution in [0.3, 0.4) is 0 Å². The van der Waals surface area contributed by atoms with E-state index < -0.39 is 21.1 Å². The van der Waals surface area contributed by atoms with E-state index in [1.165, 1.54) is 6.92 Å². The van der Waals surface area contributed by atoms with E-state index in [1.54, 1.807) is 24.3 Å². The van der Waals surface area contributed by atoms with E-state index in [-0.39, 0.29) is 5.75 Å². The minimum Gasteiger partial charge on any atom is -0.480 e. The van der Waals surface area contributed by atoms with Gasteiger partial charge in [-0.15, -0.1) is 0 Å². The molecule has 0 heterocycles. The first kappa shape index (κ1) is 13.2. The normalized spacial score (nSPS) is 13.4. The molecule has 0 amide bonds. The average molecular weight is 307 g/mol. The molecular weight excluding hydrogens is 296 g/mol. The van der Waals surface area contributed by atoms with Gasteiger partial charge in [0.15, 0.2) is 15.1 Å². The highest BCUT2D eigenvalue weighted by molar-refractivity contribution is 9.10. The first-order valence-corrected chi connectivity index (χ1v) is 7.02. The molecule has 1 aromatic carbocycles. The predicted octanol–water partition coefficient (Wildman–Crippen LogP) is 1.84. The van der Waals surface area contributed by atoms with Crippen molar-refractivity contribution in [2.45, 2.75) is 17.9 Å². The quantitative estimate of drug-likeness (QED) is 0.921. The molecule has 16 heavy (non-hydrogen) atoms. The second-order valence-corrected chi connectivity index (χ2v) is 6.65. The summed E-state index contributed by atoms with van der Waals surface area (Å²) in [5, 5.41) is 7.28. The minimum absolute atomic E-state index is 0.264. The molecule has 0 aliphatic rings. The van der Waals surface area contributed by atoms with Crippen LogP contribution in [0.5, 0.6) is 0 Å². The lowest BCUT2D eigenvalue weighted by atomic mass is 10.2. The van der Waals surface area contributed by atoms with E-state index in [1.807, 2.05) is 0 Å². The fourth-order valence-electron chi connectivity index (χ4n) is 1.14. The molecule has 0 fully saturated rings. The number of carbonyl (C=O) groups is 1. The number of carboxylic acid groups (broad SMARTS) is 1. The van der Waals surface area contributed by atoms with Gasteiger partial charge in [0.2, 0.25) is 0 Å². The molecule has 0 saturated heterocycles. The smallest absolute Gasteiger partial charge is 0.321 e. The third-order valence-corrected chi connectivity index (χ3v) is 4.65. The molecule has 1 rings (SSSR count). The number of sulfone groups is 1. The van der Waals surface area contributed by atoms with Gasteiger partial charge in [-0.25, -0.2) is 8.42 Å². The lowest BCUT2D eigenvalue weighted by molar-refractivity contribution is -0.136. The molecular formula is C10H11BrO4S. The number of rotatable bonds is 4. The highest BCUT2D eigenvalue weighted by atomic mass is 79.9. The number of carboxylic acids is 1. The molecule has 4 nitrogen and oxygen atoms in total. The molecule has 1 N–H and O–H groups in total. The maximum absolute atomic E-state index is 11.7. The van der Waals surface area contributed by atoms with Crippen molar-refractivity contribution >= 4 is 31.7 Å². The number of hydrogen-bond acceptors (Lipinski definition) is 3. The van der Waals surface area contributed by atoms with E-state index in [2.05, 4.69) is 15.9 Å². The van der Waals surface area contributed by atoms with Crippen LogP contribution in [-0.4, -0.2) is 24.7 Å². The molecule has 0 saturated carbocycles. The summed E-state index contributed by atoms with van der Waals surface area (Å²) in [6.45, 7) is 1.18. The molecule has 0 bridgehead atoms. The number of hydrogen-bond donors (Lipinski definition) is 1. The Labute approximate surface area is 102 Å². The van der Waals surface area contributed by atoms with Crippen LogP contribution in [0.25, 0.3) is 0 Å². The summed E-state index contributed by atoms with van der Waals surface area (Å²) in [5.74, 6) is -1.59. The molecule has 0 aromatic heterocycles. The third-order valence-electron chi connectivity index (χ3n) is 2.14. The van der Waals surface area contributed by atoms with E-state index >= 15 is 0 Å². The summed E-state index contributed by atoms with van der Waals surface area (Å²) < 4.78 is 24.1. The zero-order valence-corrected chi connectivity index (χ0v) is 11.0. The molecule has 1 unspecified atom stereocenters. The van der Waals surface area contributed by atoms with Crippen LogP contribution >= 0.6 is 15.9 Å². The summed E-state index contributed by atoms with van der Waals surface area (Å²) in [4.78, 5) is 10.6. The van der Waals surface area contributed by atoms with Crippen molar-refractivity contribution in [1.29, 1.82) is 0 Å².